The van der Waals surface area contributed by atoms with E-state index in [1.165, 1.54) is 0 Å². The summed E-state index contributed by atoms with van der Waals surface area (Å²) in [6.07, 6.45) is 2.14. The fourth-order valence-corrected chi connectivity index (χ4v) is 1.10. The molecule has 0 radical (unpaired) electrons. The standard InChI is InChI=1S/C11H24N2O3/c1-10(2)9-16-8-7-15-6-4-3-5-11(14)13-12/h10H,3-9,12H2,1-2H3,(H,13,14). The highest BCUT2D eigenvalue weighted by atomic mass is 16.5. The third kappa shape index (κ3) is 11.4. The average molecular weight is 232 g/mol. The summed E-state index contributed by atoms with van der Waals surface area (Å²) in [4.78, 5) is 10.8. The normalized spacial score (nSPS) is 10.8. The molecule has 0 aromatic heterocycles. The van der Waals surface area contributed by atoms with Crippen LogP contribution in [0.1, 0.15) is 33.1 Å². The van der Waals surface area contributed by atoms with Crippen LogP contribution in [0.15, 0.2) is 0 Å². The Morgan fingerprint density at radius 3 is 2.50 bits per heavy atom. The van der Waals surface area contributed by atoms with Gasteiger partial charge >= 0.3 is 0 Å². The number of hydrogen-bond acceptors (Lipinski definition) is 4. The molecule has 1 amide bonds. The van der Waals surface area contributed by atoms with E-state index in [9.17, 15) is 4.79 Å². The van der Waals surface area contributed by atoms with Gasteiger partial charge in [0.2, 0.25) is 5.91 Å². The van der Waals surface area contributed by atoms with Crippen LogP contribution in [0.5, 0.6) is 0 Å². The summed E-state index contributed by atoms with van der Waals surface area (Å²) in [5, 5.41) is 0. The van der Waals surface area contributed by atoms with Crippen molar-refractivity contribution < 1.29 is 14.3 Å². The molecule has 0 aliphatic rings. The first kappa shape index (κ1) is 15.3. The van der Waals surface area contributed by atoms with Crippen molar-refractivity contribution in [3.05, 3.63) is 0 Å². The summed E-state index contributed by atoms with van der Waals surface area (Å²) < 4.78 is 10.7. The second-order valence-corrected chi connectivity index (χ2v) is 4.11. The summed E-state index contributed by atoms with van der Waals surface area (Å²) >= 11 is 0. The first-order chi connectivity index (χ1) is 7.66. The lowest BCUT2D eigenvalue weighted by atomic mass is 10.2. The Kier molecular flexibility index (Phi) is 10.4. The molecule has 5 heteroatoms. The monoisotopic (exact) mass is 232 g/mol. The Labute approximate surface area is 97.6 Å². The van der Waals surface area contributed by atoms with Gasteiger partial charge in [0, 0.05) is 19.6 Å². The van der Waals surface area contributed by atoms with Gasteiger partial charge in [0.15, 0.2) is 0 Å². The van der Waals surface area contributed by atoms with Crippen LogP contribution >= 0.6 is 0 Å². The lowest BCUT2D eigenvalue weighted by molar-refractivity contribution is -0.121. The molecule has 96 valence electrons. The molecule has 0 bridgehead atoms. The highest BCUT2D eigenvalue weighted by molar-refractivity contribution is 5.74. The molecule has 0 aromatic rings. The number of hydrogen-bond donors (Lipinski definition) is 2. The number of nitrogens with one attached hydrogen (secondary N) is 1. The molecule has 0 spiro atoms. The Balaban J connectivity index is 3.01. The molecule has 0 saturated carbocycles. The van der Waals surface area contributed by atoms with Crippen molar-refractivity contribution in [3.8, 4) is 0 Å². The van der Waals surface area contributed by atoms with Crippen molar-refractivity contribution >= 4 is 5.91 Å². The van der Waals surface area contributed by atoms with Gasteiger partial charge in [0.05, 0.1) is 13.2 Å². The maximum atomic E-state index is 10.8. The molecule has 0 atom stereocenters. The highest BCUT2D eigenvalue weighted by Gasteiger charge is 1.97. The van der Waals surface area contributed by atoms with Crippen LogP contribution in [0.4, 0.5) is 0 Å². The predicted octanol–water partition coefficient (Wildman–Crippen LogP) is 0.836. The summed E-state index contributed by atoms with van der Waals surface area (Å²) in [7, 11) is 0. The van der Waals surface area contributed by atoms with E-state index in [0.29, 0.717) is 32.2 Å². The molecule has 5 nitrogen and oxygen atoms in total. The van der Waals surface area contributed by atoms with Crippen molar-refractivity contribution in [2.24, 2.45) is 11.8 Å². The molecule has 0 rings (SSSR count). The molecule has 0 unspecified atom stereocenters. The number of rotatable bonds is 10. The van der Waals surface area contributed by atoms with Crippen LogP contribution in [0, 0.1) is 5.92 Å². The largest absolute Gasteiger partial charge is 0.379 e. The fraction of sp³-hybridized carbons (Fsp3) is 0.909. The quantitative estimate of drug-likeness (QED) is 0.253. The first-order valence-electron chi connectivity index (χ1n) is 5.81. The maximum Gasteiger partial charge on any atom is 0.233 e. The van der Waals surface area contributed by atoms with E-state index in [2.05, 4.69) is 19.3 Å². The molecule has 0 saturated heterocycles. The van der Waals surface area contributed by atoms with Gasteiger partial charge in [-0.2, -0.15) is 0 Å². The van der Waals surface area contributed by atoms with Gasteiger partial charge < -0.3 is 9.47 Å². The van der Waals surface area contributed by atoms with E-state index >= 15 is 0 Å². The maximum absolute atomic E-state index is 10.8. The average Bonchev–Trinajstić information content (AvgIpc) is 2.26. The van der Waals surface area contributed by atoms with Gasteiger partial charge in [0.1, 0.15) is 0 Å². The van der Waals surface area contributed by atoms with Crippen LogP contribution in [0.25, 0.3) is 0 Å². The van der Waals surface area contributed by atoms with Gasteiger partial charge in [-0.15, -0.1) is 0 Å². The summed E-state index contributed by atoms with van der Waals surface area (Å²) in [5.41, 5.74) is 2.09. The topological polar surface area (TPSA) is 73.6 Å². The molecular formula is C11H24N2O3. The van der Waals surface area contributed by atoms with Gasteiger partial charge in [-0.05, 0) is 18.8 Å². The van der Waals surface area contributed by atoms with Crippen LogP contribution in [-0.2, 0) is 14.3 Å². The number of ether oxygens (including phenoxy) is 2. The molecular weight excluding hydrogens is 208 g/mol. The zero-order valence-corrected chi connectivity index (χ0v) is 10.3. The van der Waals surface area contributed by atoms with Gasteiger partial charge in [-0.3, -0.25) is 10.2 Å². The second kappa shape index (κ2) is 10.9. The van der Waals surface area contributed by atoms with Crippen molar-refractivity contribution in [2.75, 3.05) is 26.4 Å². The zero-order valence-electron chi connectivity index (χ0n) is 10.3. The third-order valence-corrected chi connectivity index (χ3v) is 1.93. The summed E-state index contributed by atoms with van der Waals surface area (Å²) in [6, 6.07) is 0. The van der Waals surface area contributed by atoms with Gasteiger partial charge in [-0.25, -0.2) is 5.84 Å². The van der Waals surface area contributed by atoms with Crippen molar-refractivity contribution in [3.63, 3.8) is 0 Å². The molecule has 0 aliphatic carbocycles. The molecule has 0 heterocycles. The third-order valence-electron chi connectivity index (χ3n) is 1.93. The van der Waals surface area contributed by atoms with E-state index in [1.807, 2.05) is 0 Å². The highest BCUT2D eigenvalue weighted by Crippen LogP contribution is 1.96. The van der Waals surface area contributed by atoms with Crippen molar-refractivity contribution in [1.82, 2.24) is 5.43 Å². The van der Waals surface area contributed by atoms with Crippen molar-refractivity contribution in [1.29, 1.82) is 0 Å². The van der Waals surface area contributed by atoms with Gasteiger partial charge in [0.25, 0.3) is 0 Å². The number of carbonyl (C=O) groups is 1. The predicted molar refractivity (Wildman–Crippen MR) is 62.7 cm³/mol. The smallest absolute Gasteiger partial charge is 0.233 e. The molecule has 0 aromatic carbocycles. The lowest BCUT2D eigenvalue weighted by Gasteiger charge is -2.07. The van der Waals surface area contributed by atoms with Crippen LogP contribution in [-0.4, -0.2) is 32.3 Å². The van der Waals surface area contributed by atoms with Crippen LogP contribution in [0.2, 0.25) is 0 Å². The molecule has 0 fully saturated rings. The minimum atomic E-state index is -0.125. The Hall–Kier alpha value is -0.650. The Morgan fingerprint density at radius 1 is 1.19 bits per heavy atom. The number of nitrogens with two attached hydrogens (primary N) is 1. The summed E-state index contributed by atoms with van der Waals surface area (Å²) in [5.74, 6) is 5.38. The van der Waals surface area contributed by atoms with Crippen molar-refractivity contribution in [2.45, 2.75) is 33.1 Å². The number of carbonyl (C=O) groups excluding carboxylic acids is 1. The van der Waals surface area contributed by atoms with Gasteiger partial charge in [-0.1, -0.05) is 13.8 Å². The summed E-state index contributed by atoms with van der Waals surface area (Å²) in [6.45, 7) is 6.94. The van der Waals surface area contributed by atoms with E-state index < -0.39 is 0 Å². The first-order valence-corrected chi connectivity index (χ1v) is 5.81. The van der Waals surface area contributed by atoms with E-state index in [-0.39, 0.29) is 5.91 Å². The SMILES string of the molecule is CC(C)COCCOCCCCC(=O)NN. The Morgan fingerprint density at radius 2 is 1.88 bits per heavy atom. The minimum Gasteiger partial charge on any atom is -0.379 e. The molecule has 16 heavy (non-hydrogen) atoms. The second-order valence-electron chi connectivity index (χ2n) is 4.11. The number of amides is 1. The zero-order chi connectivity index (χ0) is 12.2. The number of hydrazine groups is 1. The van der Waals surface area contributed by atoms with E-state index in [1.54, 1.807) is 0 Å². The molecule has 3 N–H and O–H groups in total. The Bertz CT molecular complexity index is 175. The lowest BCUT2D eigenvalue weighted by Crippen LogP contribution is -2.29. The fourth-order valence-electron chi connectivity index (χ4n) is 1.10. The minimum absolute atomic E-state index is 0.125. The van der Waals surface area contributed by atoms with Crippen LogP contribution < -0.4 is 11.3 Å². The van der Waals surface area contributed by atoms with Crippen LogP contribution in [0.3, 0.4) is 0 Å². The van der Waals surface area contributed by atoms with E-state index in [4.69, 9.17) is 15.3 Å². The number of unbranched alkanes of at least 4 members (excludes halogenated alkanes) is 1. The molecule has 0 aliphatic heterocycles. The van der Waals surface area contributed by atoms with E-state index in [0.717, 1.165) is 19.4 Å².